The molecule has 1 heterocycles. The number of sulfone groups is 1. The summed E-state index contributed by atoms with van der Waals surface area (Å²) in [6.45, 7) is 24.9. The molecule has 6 rings (SSSR count). The Morgan fingerprint density at radius 1 is 0.962 bits per heavy atom. The number of fused-ring (bicyclic) bond motifs is 4. The van der Waals surface area contributed by atoms with Crippen LogP contribution in [0.15, 0.2) is 35.5 Å². The number of nitrogens with zero attached hydrogens (tertiary/aromatic N) is 1. The largest absolute Gasteiger partial charge is 0.465 e. The molecule has 0 aromatic carbocycles. The van der Waals surface area contributed by atoms with E-state index in [0.29, 0.717) is 73.6 Å². The summed E-state index contributed by atoms with van der Waals surface area (Å²) in [6.07, 6.45) is 19.2. The number of allylic oxidation sites excluding steroid dienone is 5. The molecule has 3 saturated carbocycles. The van der Waals surface area contributed by atoms with Crippen LogP contribution in [0.25, 0.3) is 0 Å². The minimum atomic E-state index is -2.87. The highest BCUT2D eigenvalue weighted by Gasteiger charge is 2.60. The Bertz CT molecular complexity index is 1540. The molecule has 4 fully saturated rings. The molecule has 0 amide bonds. The maximum Gasteiger partial charge on any atom is 0.314 e. The Hall–Kier alpha value is -1.48. The second-order valence-electron chi connectivity index (χ2n) is 19.8. The lowest BCUT2D eigenvalue weighted by Gasteiger charge is -2.64. The van der Waals surface area contributed by atoms with Gasteiger partial charge in [-0.3, -0.25) is 4.79 Å². The predicted molar refractivity (Wildman–Crippen MR) is 216 cm³/mol. The number of nitrogens with one attached hydrogen (secondary N) is 1. The van der Waals surface area contributed by atoms with E-state index < -0.39 is 15.3 Å². The first-order valence-electron chi connectivity index (χ1n) is 21.5. The minimum Gasteiger partial charge on any atom is -0.465 e. The average molecular weight is 755 g/mol. The molecule has 1 saturated heterocycles. The van der Waals surface area contributed by atoms with E-state index in [1.54, 1.807) is 0 Å². The maximum absolute atomic E-state index is 12.9. The summed E-state index contributed by atoms with van der Waals surface area (Å²) in [5, 5.41) is 14.5. The van der Waals surface area contributed by atoms with Crippen LogP contribution in [-0.4, -0.2) is 80.8 Å². The van der Waals surface area contributed by atoms with Gasteiger partial charge in [0.15, 0.2) is 9.84 Å². The van der Waals surface area contributed by atoms with Gasteiger partial charge in [-0.1, -0.05) is 65.3 Å². The molecule has 7 nitrogen and oxygen atoms in total. The van der Waals surface area contributed by atoms with Crippen LogP contribution in [0, 0.1) is 51.2 Å². The summed E-state index contributed by atoms with van der Waals surface area (Å²) in [5.41, 5.74) is 4.10. The van der Waals surface area contributed by atoms with Gasteiger partial charge < -0.3 is 20.1 Å². The average Bonchev–Trinajstić information content (AvgIpc) is 3.47. The molecule has 5 aliphatic carbocycles. The molecule has 0 radical (unpaired) electrons. The van der Waals surface area contributed by atoms with Crippen molar-refractivity contribution in [3.05, 3.63) is 35.5 Å². The Morgan fingerprint density at radius 3 is 2.32 bits per heavy atom. The molecule has 0 spiro atoms. The highest BCUT2D eigenvalue weighted by Crippen LogP contribution is 2.68. The zero-order valence-corrected chi connectivity index (χ0v) is 35.3. The molecule has 0 aromatic rings. The lowest BCUT2D eigenvalue weighted by molar-refractivity contribution is -0.158. The molecule has 300 valence electrons. The van der Waals surface area contributed by atoms with Crippen LogP contribution in [-0.2, 0) is 19.4 Å². The SMILES string of the molecule is C=C(C)[C@@H]1CC[C@]2(NCCN3CCS(=O)(=O)CC3)CC[C@@H](C)[C@]3(C)CCC4C(C)(C)C(C5=CC[C@](CO)(C(=O)OCC)CC5)=CC[C@]4(C)C3CCCC12. The van der Waals surface area contributed by atoms with Crippen LogP contribution >= 0.6 is 0 Å². The lowest BCUT2D eigenvalue weighted by Crippen LogP contribution is -2.57. The predicted octanol–water partition coefficient (Wildman–Crippen LogP) is 8.29. The zero-order valence-electron chi connectivity index (χ0n) is 34.5. The monoisotopic (exact) mass is 755 g/mol. The number of aliphatic hydroxyl groups excluding tert-OH is 1. The Kier molecular flexibility index (Phi) is 12.0. The molecule has 1 aliphatic heterocycles. The van der Waals surface area contributed by atoms with Crippen molar-refractivity contribution in [2.45, 2.75) is 137 Å². The first-order chi connectivity index (χ1) is 25.0. The Balaban J connectivity index is 1.22. The van der Waals surface area contributed by atoms with Crippen molar-refractivity contribution in [1.82, 2.24) is 10.2 Å². The van der Waals surface area contributed by atoms with Crippen LogP contribution < -0.4 is 5.32 Å². The molecule has 53 heavy (non-hydrogen) atoms. The van der Waals surface area contributed by atoms with Crippen molar-refractivity contribution in [3.8, 4) is 0 Å². The van der Waals surface area contributed by atoms with Gasteiger partial charge in [0, 0.05) is 31.7 Å². The fourth-order valence-corrected chi connectivity index (χ4v) is 14.7. The van der Waals surface area contributed by atoms with Gasteiger partial charge >= 0.3 is 5.97 Å². The van der Waals surface area contributed by atoms with E-state index >= 15 is 0 Å². The smallest absolute Gasteiger partial charge is 0.314 e. The van der Waals surface area contributed by atoms with Gasteiger partial charge in [-0.2, -0.15) is 0 Å². The normalized spacial score (nSPS) is 41.5. The Labute approximate surface area is 323 Å². The minimum absolute atomic E-state index is 0.0377. The van der Waals surface area contributed by atoms with Crippen molar-refractivity contribution in [2.75, 3.05) is 50.9 Å². The first-order valence-corrected chi connectivity index (χ1v) is 23.3. The van der Waals surface area contributed by atoms with Gasteiger partial charge in [0.1, 0.15) is 0 Å². The fourth-order valence-electron chi connectivity index (χ4n) is 13.5. The van der Waals surface area contributed by atoms with E-state index in [1.165, 1.54) is 74.5 Å². The first kappa shape index (κ1) is 41.2. The second-order valence-corrected chi connectivity index (χ2v) is 22.1. The zero-order chi connectivity index (χ0) is 38.5. The van der Waals surface area contributed by atoms with Gasteiger partial charge in [0.2, 0.25) is 0 Å². The number of carbonyl (C=O) groups is 1. The summed E-state index contributed by atoms with van der Waals surface area (Å²) in [6, 6.07) is 0. The molecule has 8 heteroatoms. The highest BCUT2D eigenvalue weighted by molar-refractivity contribution is 7.91. The number of hydrogen-bond donors (Lipinski definition) is 2. The molecule has 2 N–H and O–H groups in total. The number of rotatable bonds is 9. The summed E-state index contributed by atoms with van der Waals surface area (Å²) in [4.78, 5) is 15.2. The quantitative estimate of drug-likeness (QED) is 0.181. The fraction of sp³-hybridized carbons (Fsp3) is 0.844. The van der Waals surface area contributed by atoms with Gasteiger partial charge in [-0.05, 0) is 148 Å². The summed E-state index contributed by atoms with van der Waals surface area (Å²) in [7, 11) is -2.87. The maximum atomic E-state index is 12.9. The topological polar surface area (TPSA) is 95.9 Å². The third-order valence-electron chi connectivity index (χ3n) is 16.9. The molecule has 9 atom stereocenters. The number of aliphatic hydroxyl groups is 1. The van der Waals surface area contributed by atoms with E-state index in [0.717, 1.165) is 25.9 Å². The van der Waals surface area contributed by atoms with E-state index in [2.05, 4.69) is 70.5 Å². The van der Waals surface area contributed by atoms with Crippen molar-refractivity contribution >= 4 is 15.8 Å². The molecule has 3 unspecified atom stereocenters. The van der Waals surface area contributed by atoms with E-state index in [4.69, 9.17) is 4.74 Å². The number of carbonyl (C=O) groups excluding carboxylic acids is 1. The van der Waals surface area contributed by atoms with Crippen LogP contribution in [0.2, 0.25) is 0 Å². The van der Waals surface area contributed by atoms with Gasteiger partial charge in [-0.25, -0.2) is 8.42 Å². The third kappa shape index (κ3) is 7.55. The molecule has 0 bridgehead atoms. The van der Waals surface area contributed by atoms with Gasteiger partial charge in [-0.15, -0.1) is 0 Å². The van der Waals surface area contributed by atoms with Crippen molar-refractivity contribution in [2.24, 2.45) is 51.2 Å². The molecule has 0 aromatic heterocycles. The van der Waals surface area contributed by atoms with Crippen molar-refractivity contribution in [1.29, 1.82) is 0 Å². The van der Waals surface area contributed by atoms with Crippen molar-refractivity contribution in [3.63, 3.8) is 0 Å². The van der Waals surface area contributed by atoms with E-state index in [9.17, 15) is 18.3 Å². The summed E-state index contributed by atoms with van der Waals surface area (Å²) in [5.74, 6) is 3.38. The van der Waals surface area contributed by atoms with Crippen LogP contribution in [0.3, 0.4) is 0 Å². The standard InChI is InChI=1S/C45H74N2O5S/c1-9-52-40(49)44(31-48)21-14-34(15-22-44)36-17-19-43(8)38(41(36,5)6)18-20-42(7)33(4)13-23-45(46-25-26-47-27-29-53(50,51)30-28-47)24-16-35(32(2)3)37(45)11-10-12-39(42)43/h14,17,33,35,37-39,46,48H,2,9-13,15-16,18-31H2,1,3-8H3/t33-,35+,37?,38?,39?,42+,43+,44+,45-/m1/s1. The van der Waals surface area contributed by atoms with Gasteiger partial charge in [0.25, 0.3) is 0 Å². The summed E-state index contributed by atoms with van der Waals surface area (Å²) >= 11 is 0. The van der Waals surface area contributed by atoms with Crippen LogP contribution in [0.1, 0.15) is 132 Å². The number of hydrogen-bond acceptors (Lipinski definition) is 7. The van der Waals surface area contributed by atoms with Crippen molar-refractivity contribution < 1.29 is 23.1 Å². The van der Waals surface area contributed by atoms with Gasteiger partial charge in [0.05, 0.1) is 30.1 Å². The second kappa shape index (κ2) is 15.5. The molecular formula is C45H74N2O5S. The van der Waals surface area contributed by atoms with Crippen LogP contribution in [0.4, 0.5) is 0 Å². The Morgan fingerprint density at radius 2 is 1.68 bits per heavy atom. The highest BCUT2D eigenvalue weighted by atomic mass is 32.2. The van der Waals surface area contributed by atoms with E-state index in [-0.39, 0.29) is 34.4 Å². The number of esters is 1. The third-order valence-corrected chi connectivity index (χ3v) is 18.5. The van der Waals surface area contributed by atoms with E-state index in [1.807, 2.05) is 6.92 Å². The summed E-state index contributed by atoms with van der Waals surface area (Å²) < 4.78 is 29.5. The molecule has 6 aliphatic rings. The molecular weight excluding hydrogens is 681 g/mol. The number of ether oxygens (including phenoxy) is 1. The van der Waals surface area contributed by atoms with Crippen LogP contribution in [0.5, 0.6) is 0 Å². The lowest BCUT2D eigenvalue weighted by atomic mass is 9.40.